The van der Waals surface area contributed by atoms with Crippen LogP contribution in [0, 0.1) is 6.92 Å². The van der Waals surface area contributed by atoms with Gasteiger partial charge in [0.2, 0.25) is 12.2 Å². The lowest BCUT2D eigenvalue weighted by Gasteiger charge is -2.39. The van der Waals surface area contributed by atoms with Crippen molar-refractivity contribution >= 4 is 35.5 Å². The third-order valence-electron chi connectivity index (χ3n) is 8.31. The average Bonchev–Trinajstić information content (AvgIpc) is 3.06. The molecule has 2 aliphatic heterocycles. The zero-order chi connectivity index (χ0) is 35.6. The van der Waals surface area contributed by atoms with E-state index in [9.17, 15) is 24.0 Å². The van der Waals surface area contributed by atoms with E-state index in [1.54, 1.807) is 39.8 Å². The highest BCUT2D eigenvalue weighted by molar-refractivity contribution is 6.05. The Kier molecular flexibility index (Phi) is 13.0. The van der Waals surface area contributed by atoms with Crippen molar-refractivity contribution in [3.05, 3.63) is 59.2 Å². The van der Waals surface area contributed by atoms with Crippen LogP contribution >= 0.6 is 0 Å². The number of rotatable bonds is 14. The molecule has 266 valence electrons. The Balaban J connectivity index is 1.28. The highest BCUT2D eigenvalue weighted by atomic mass is 16.7. The first-order chi connectivity index (χ1) is 23.4. The zero-order valence-corrected chi connectivity index (χ0v) is 29.0. The van der Waals surface area contributed by atoms with Crippen LogP contribution in [0.1, 0.15) is 81.3 Å². The fraction of sp³-hybridized carbons (Fsp3) is 0.528. The second-order valence-electron chi connectivity index (χ2n) is 12.7. The maximum Gasteiger partial charge on any atom is 0.412 e. The third kappa shape index (κ3) is 10.4. The van der Waals surface area contributed by atoms with Gasteiger partial charge in [-0.2, -0.15) is 0 Å². The Morgan fingerprint density at radius 2 is 1.86 bits per heavy atom. The molecule has 4 amide bonds. The van der Waals surface area contributed by atoms with Crippen LogP contribution in [0.25, 0.3) is 0 Å². The normalized spacial score (nSPS) is 17.3. The Hall–Kier alpha value is -4.65. The minimum Gasteiger partial charge on any atom is -0.476 e. The number of esters is 1. The molecule has 0 radical (unpaired) electrons. The molecule has 1 fully saturated rings. The SMILES string of the molecule is CCC(=O)NCCN1C(=O)C(C)(C)Oc2cc(C)c(C(=O)N[C@@H]3CCCN(C(=O)OC(C)OC(=O)CCCOCc4ccccc4)C3)cc21. The summed E-state index contributed by atoms with van der Waals surface area (Å²) in [6, 6.07) is 12.8. The molecule has 0 saturated carbocycles. The molecule has 1 unspecified atom stereocenters. The molecule has 4 rings (SSSR count). The summed E-state index contributed by atoms with van der Waals surface area (Å²) in [5.74, 6) is -0.783. The van der Waals surface area contributed by atoms with Crippen molar-refractivity contribution in [2.45, 2.75) is 91.3 Å². The number of carbonyl (C=O) groups excluding carboxylic acids is 5. The number of ether oxygens (including phenoxy) is 4. The monoisotopic (exact) mass is 680 g/mol. The minimum atomic E-state index is -1.12. The van der Waals surface area contributed by atoms with Crippen molar-refractivity contribution in [3.63, 3.8) is 0 Å². The maximum atomic E-state index is 13.5. The fourth-order valence-electron chi connectivity index (χ4n) is 5.71. The molecule has 2 atom stereocenters. The summed E-state index contributed by atoms with van der Waals surface area (Å²) in [7, 11) is 0. The number of carbonyl (C=O) groups is 5. The minimum absolute atomic E-state index is 0.124. The maximum absolute atomic E-state index is 13.5. The first kappa shape index (κ1) is 37.2. The molecule has 2 aliphatic rings. The Morgan fingerprint density at radius 1 is 1.10 bits per heavy atom. The summed E-state index contributed by atoms with van der Waals surface area (Å²) in [4.78, 5) is 66.8. The van der Waals surface area contributed by atoms with Gasteiger partial charge in [0.15, 0.2) is 5.60 Å². The smallest absolute Gasteiger partial charge is 0.412 e. The number of aryl methyl sites for hydroxylation is 1. The summed E-state index contributed by atoms with van der Waals surface area (Å²) in [5.41, 5.74) is 1.40. The summed E-state index contributed by atoms with van der Waals surface area (Å²) >= 11 is 0. The Bertz CT molecular complexity index is 1500. The van der Waals surface area contributed by atoms with E-state index >= 15 is 0 Å². The van der Waals surface area contributed by atoms with E-state index in [0.29, 0.717) is 68.0 Å². The van der Waals surface area contributed by atoms with Crippen LogP contribution < -0.4 is 20.3 Å². The lowest BCUT2D eigenvalue weighted by molar-refractivity contribution is -0.166. The Morgan fingerprint density at radius 3 is 2.59 bits per heavy atom. The lowest BCUT2D eigenvalue weighted by Crippen LogP contribution is -2.54. The molecular formula is C36H48N4O9. The average molecular weight is 681 g/mol. The summed E-state index contributed by atoms with van der Waals surface area (Å²) in [6.07, 6.45) is 0.496. The molecule has 49 heavy (non-hydrogen) atoms. The van der Waals surface area contributed by atoms with Gasteiger partial charge in [-0.25, -0.2) is 4.79 Å². The number of amides is 4. The van der Waals surface area contributed by atoms with E-state index in [1.807, 2.05) is 30.3 Å². The van der Waals surface area contributed by atoms with Gasteiger partial charge in [0.1, 0.15) is 5.75 Å². The quantitative estimate of drug-likeness (QED) is 0.170. The van der Waals surface area contributed by atoms with E-state index in [2.05, 4.69) is 10.6 Å². The molecule has 1 saturated heterocycles. The van der Waals surface area contributed by atoms with Crippen molar-refractivity contribution in [2.75, 3.05) is 37.7 Å². The second-order valence-corrected chi connectivity index (χ2v) is 12.7. The Labute approximate surface area is 287 Å². The molecule has 2 N–H and O–H groups in total. The van der Waals surface area contributed by atoms with Gasteiger partial charge >= 0.3 is 12.1 Å². The standard InChI is InChI=1S/C36H48N4O9/c1-6-31(41)37-16-18-40-29-21-28(24(2)20-30(29)49-36(4,5)34(40)44)33(43)38-27-14-10-17-39(22-27)35(45)48-25(3)47-32(42)15-11-19-46-23-26-12-8-7-9-13-26/h7-9,12-13,20-21,25,27H,6,10-11,14-19,22-23H2,1-5H3,(H,37,41)(H,38,43)/t25?,27-/m1/s1. The molecule has 13 heteroatoms. The molecule has 13 nitrogen and oxygen atoms in total. The van der Waals surface area contributed by atoms with Gasteiger partial charge in [0.05, 0.1) is 12.3 Å². The van der Waals surface area contributed by atoms with Crippen LogP contribution in [0.2, 0.25) is 0 Å². The van der Waals surface area contributed by atoms with Crippen molar-refractivity contribution in [3.8, 4) is 5.75 Å². The van der Waals surface area contributed by atoms with Crippen molar-refractivity contribution < 1.29 is 42.9 Å². The molecule has 2 aromatic carbocycles. The second kappa shape index (κ2) is 17.1. The van der Waals surface area contributed by atoms with E-state index in [0.717, 1.165) is 5.56 Å². The van der Waals surface area contributed by atoms with Crippen LogP contribution in [0.5, 0.6) is 5.75 Å². The van der Waals surface area contributed by atoms with E-state index < -0.39 is 24.0 Å². The van der Waals surface area contributed by atoms with Gasteiger partial charge in [-0.05, 0) is 63.3 Å². The summed E-state index contributed by atoms with van der Waals surface area (Å²) < 4.78 is 22.2. The van der Waals surface area contributed by atoms with Gasteiger partial charge < -0.3 is 39.4 Å². The number of anilines is 1. The molecule has 2 heterocycles. The van der Waals surface area contributed by atoms with Gasteiger partial charge in [0, 0.05) is 64.2 Å². The van der Waals surface area contributed by atoms with Crippen molar-refractivity contribution in [1.29, 1.82) is 0 Å². The van der Waals surface area contributed by atoms with Gasteiger partial charge in [-0.1, -0.05) is 37.3 Å². The van der Waals surface area contributed by atoms with Gasteiger partial charge in [-0.3, -0.25) is 19.2 Å². The number of fused-ring (bicyclic) bond motifs is 1. The number of nitrogens with zero attached hydrogens (tertiary/aromatic N) is 2. The third-order valence-corrected chi connectivity index (χ3v) is 8.31. The molecule has 0 spiro atoms. The van der Waals surface area contributed by atoms with Crippen molar-refractivity contribution in [1.82, 2.24) is 15.5 Å². The first-order valence-corrected chi connectivity index (χ1v) is 16.9. The number of likely N-dealkylation sites (tertiary alicyclic amines) is 1. The number of piperidine rings is 1. The van der Waals surface area contributed by atoms with Crippen LogP contribution in [-0.4, -0.2) is 85.4 Å². The lowest BCUT2D eigenvalue weighted by atomic mass is 9.99. The first-order valence-electron chi connectivity index (χ1n) is 16.9. The predicted octanol–water partition coefficient (Wildman–Crippen LogP) is 4.24. The number of benzene rings is 2. The molecule has 0 aliphatic carbocycles. The molecule has 2 aromatic rings. The van der Waals surface area contributed by atoms with Crippen LogP contribution in [-0.2, 0) is 35.2 Å². The van der Waals surface area contributed by atoms with Crippen molar-refractivity contribution in [2.24, 2.45) is 0 Å². The number of nitrogens with one attached hydrogen (secondary N) is 2. The number of hydrogen-bond acceptors (Lipinski definition) is 9. The zero-order valence-electron chi connectivity index (χ0n) is 29.0. The van der Waals surface area contributed by atoms with E-state index in [1.165, 1.54) is 16.7 Å². The molecule has 0 bridgehead atoms. The van der Waals surface area contributed by atoms with Crippen LogP contribution in [0.4, 0.5) is 10.5 Å². The molecular weight excluding hydrogens is 632 g/mol. The summed E-state index contributed by atoms with van der Waals surface area (Å²) in [5, 5.41) is 5.81. The highest BCUT2D eigenvalue weighted by Crippen LogP contribution is 2.39. The van der Waals surface area contributed by atoms with Crippen LogP contribution in [0.15, 0.2) is 42.5 Å². The van der Waals surface area contributed by atoms with Crippen LogP contribution in [0.3, 0.4) is 0 Å². The van der Waals surface area contributed by atoms with Gasteiger partial charge in [0.25, 0.3) is 11.8 Å². The summed E-state index contributed by atoms with van der Waals surface area (Å²) in [6.45, 7) is 10.4. The topological polar surface area (TPSA) is 153 Å². The fourth-order valence-corrected chi connectivity index (χ4v) is 5.71. The van der Waals surface area contributed by atoms with E-state index in [-0.39, 0.29) is 49.8 Å². The van der Waals surface area contributed by atoms with Gasteiger partial charge in [-0.15, -0.1) is 0 Å². The highest BCUT2D eigenvalue weighted by Gasteiger charge is 2.41. The predicted molar refractivity (Wildman–Crippen MR) is 181 cm³/mol. The van der Waals surface area contributed by atoms with E-state index in [4.69, 9.17) is 18.9 Å². The largest absolute Gasteiger partial charge is 0.476 e. The molecule has 0 aromatic heterocycles. The number of hydrogen-bond donors (Lipinski definition) is 2.